The van der Waals surface area contributed by atoms with Gasteiger partial charge >= 0.3 is 5.97 Å². The van der Waals surface area contributed by atoms with Crippen LogP contribution in [0.5, 0.6) is 0 Å². The molecule has 0 radical (unpaired) electrons. The maximum Gasteiger partial charge on any atom is 0.341 e. The maximum atomic E-state index is 12.1. The minimum Gasteiger partial charge on any atom is -0.477 e. The summed E-state index contributed by atoms with van der Waals surface area (Å²) in [5, 5.41) is 12.6. The van der Waals surface area contributed by atoms with Crippen molar-refractivity contribution in [3.63, 3.8) is 0 Å². The van der Waals surface area contributed by atoms with Gasteiger partial charge in [-0.1, -0.05) is 0 Å². The number of hydrogen-bond acceptors (Lipinski definition) is 4. The summed E-state index contributed by atoms with van der Waals surface area (Å²) < 4.78 is 0. The number of benzene rings is 1. The number of aromatic carboxylic acids is 1. The first-order valence-corrected chi connectivity index (χ1v) is 6.91. The number of hydrogen-bond donors (Lipinski definition) is 3. The molecule has 6 heteroatoms. The van der Waals surface area contributed by atoms with Crippen molar-refractivity contribution in [3.05, 3.63) is 40.2 Å². The van der Waals surface area contributed by atoms with Crippen molar-refractivity contribution in [2.24, 2.45) is 0 Å². The van der Waals surface area contributed by atoms with E-state index < -0.39 is 11.4 Å². The monoisotopic (exact) mass is 287 g/mol. The van der Waals surface area contributed by atoms with Crippen molar-refractivity contribution >= 4 is 22.6 Å². The zero-order valence-corrected chi connectivity index (χ0v) is 11.7. The third-order valence-electron chi connectivity index (χ3n) is 4.06. The molecule has 2 heterocycles. The Kier molecular flexibility index (Phi) is 3.39. The molecule has 0 amide bonds. The second kappa shape index (κ2) is 5.21. The third kappa shape index (κ3) is 2.38. The minimum atomic E-state index is -1.21. The predicted molar refractivity (Wildman–Crippen MR) is 81.2 cm³/mol. The summed E-state index contributed by atoms with van der Waals surface area (Å²) >= 11 is 0. The quantitative estimate of drug-likeness (QED) is 0.785. The largest absolute Gasteiger partial charge is 0.477 e. The topological polar surface area (TPSA) is 85.4 Å². The number of carboxylic acids is 1. The molecule has 110 valence electrons. The van der Waals surface area contributed by atoms with Gasteiger partial charge in [0.05, 0.1) is 5.52 Å². The number of carboxylic acid groups (broad SMARTS) is 1. The van der Waals surface area contributed by atoms with Crippen LogP contribution in [0.15, 0.2) is 29.2 Å². The molecule has 1 aliphatic rings. The van der Waals surface area contributed by atoms with Gasteiger partial charge in [-0.15, -0.1) is 0 Å². The van der Waals surface area contributed by atoms with Crippen LogP contribution in [0.25, 0.3) is 10.9 Å². The molecule has 1 saturated heterocycles. The number of likely N-dealkylation sites (N-methyl/N-ethyl adjacent to an activating group) is 1. The van der Waals surface area contributed by atoms with Crippen LogP contribution in [0.4, 0.5) is 5.69 Å². The number of aromatic nitrogens is 1. The maximum absolute atomic E-state index is 12.1. The first-order valence-electron chi connectivity index (χ1n) is 6.91. The number of carbonyl (C=O) groups is 1. The lowest BCUT2D eigenvalue weighted by Gasteiger charge is -2.19. The molecule has 0 saturated carbocycles. The van der Waals surface area contributed by atoms with Crippen LogP contribution in [0.1, 0.15) is 16.8 Å². The molecule has 6 nitrogen and oxygen atoms in total. The SMILES string of the molecule is CNC1CCN(c2ccc3c(=O)c(C(=O)O)c[nH]c3c2)C1. The fourth-order valence-electron chi connectivity index (χ4n) is 2.80. The Morgan fingerprint density at radius 2 is 2.29 bits per heavy atom. The van der Waals surface area contributed by atoms with Crippen molar-refractivity contribution in [1.82, 2.24) is 10.3 Å². The molecule has 1 aromatic carbocycles. The van der Waals surface area contributed by atoms with Gasteiger partial charge < -0.3 is 20.3 Å². The predicted octanol–water partition coefficient (Wildman–Crippen LogP) is 1.02. The summed E-state index contributed by atoms with van der Waals surface area (Å²) in [6.45, 7) is 1.90. The highest BCUT2D eigenvalue weighted by Gasteiger charge is 2.21. The molecule has 1 unspecified atom stereocenters. The molecular weight excluding hydrogens is 270 g/mol. The number of nitrogens with zero attached hydrogens (tertiary/aromatic N) is 1. The van der Waals surface area contributed by atoms with E-state index in [1.165, 1.54) is 6.20 Å². The number of pyridine rings is 1. The number of aromatic amines is 1. The van der Waals surface area contributed by atoms with Crippen molar-refractivity contribution < 1.29 is 9.90 Å². The van der Waals surface area contributed by atoms with Gasteiger partial charge in [0.1, 0.15) is 5.56 Å². The first kappa shape index (κ1) is 13.6. The molecule has 1 fully saturated rings. The van der Waals surface area contributed by atoms with Crippen LogP contribution in [0.3, 0.4) is 0 Å². The van der Waals surface area contributed by atoms with Crippen LogP contribution in [-0.4, -0.2) is 42.2 Å². The number of H-pyrrole nitrogens is 1. The molecule has 1 atom stereocenters. The fraction of sp³-hybridized carbons (Fsp3) is 0.333. The van der Waals surface area contributed by atoms with Gasteiger partial charge in [-0.25, -0.2) is 4.79 Å². The van der Waals surface area contributed by atoms with E-state index in [1.807, 2.05) is 19.2 Å². The van der Waals surface area contributed by atoms with E-state index in [-0.39, 0.29) is 5.56 Å². The van der Waals surface area contributed by atoms with Gasteiger partial charge in [0.25, 0.3) is 0 Å². The highest BCUT2D eigenvalue weighted by atomic mass is 16.4. The molecule has 1 aromatic heterocycles. The molecule has 0 spiro atoms. The lowest BCUT2D eigenvalue weighted by atomic mass is 10.1. The van der Waals surface area contributed by atoms with Gasteiger partial charge in [-0.05, 0) is 31.7 Å². The average molecular weight is 287 g/mol. The van der Waals surface area contributed by atoms with E-state index >= 15 is 0 Å². The van der Waals surface area contributed by atoms with E-state index in [9.17, 15) is 9.59 Å². The van der Waals surface area contributed by atoms with E-state index in [0.29, 0.717) is 16.9 Å². The summed E-state index contributed by atoms with van der Waals surface area (Å²) in [4.78, 5) is 28.2. The van der Waals surface area contributed by atoms with Crippen LogP contribution in [-0.2, 0) is 0 Å². The normalized spacial score (nSPS) is 18.3. The van der Waals surface area contributed by atoms with E-state index in [4.69, 9.17) is 5.11 Å². The molecule has 3 rings (SSSR count). The zero-order valence-electron chi connectivity index (χ0n) is 11.7. The Labute approximate surface area is 121 Å². The van der Waals surface area contributed by atoms with Crippen molar-refractivity contribution in [1.29, 1.82) is 0 Å². The van der Waals surface area contributed by atoms with E-state index in [0.717, 1.165) is 25.2 Å². The molecule has 3 N–H and O–H groups in total. The smallest absolute Gasteiger partial charge is 0.341 e. The Morgan fingerprint density at radius 3 is 2.95 bits per heavy atom. The molecule has 1 aliphatic heterocycles. The number of rotatable bonds is 3. The summed E-state index contributed by atoms with van der Waals surface area (Å²) in [6, 6.07) is 5.96. The fourth-order valence-corrected chi connectivity index (χ4v) is 2.80. The highest BCUT2D eigenvalue weighted by molar-refractivity contribution is 5.93. The summed E-state index contributed by atoms with van der Waals surface area (Å²) in [5.41, 5.74) is 1.03. The molecule has 2 aromatic rings. The van der Waals surface area contributed by atoms with Gasteiger partial charge in [-0.3, -0.25) is 4.79 Å². The lowest BCUT2D eigenvalue weighted by Crippen LogP contribution is -2.29. The molecule has 0 aliphatic carbocycles. The Hall–Kier alpha value is -2.34. The second-order valence-electron chi connectivity index (χ2n) is 5.29. The standard InChI is InChI=1S/C15H17N3O3/c1-16-9-4-5-18(8-9)10-2-3-11-13(6-10)17-7-12(14(11)19)15(20)21/h2-3,6-7,9,16H,4-5,8H2,1H3,(H,17,19)(H,20,21). The summed E-state index contributed by atoms with van der Waals surface area (Å²) in [5.74, 6) is -1.21. The molecule has 0 bridgehead atoms. The van der Waals surface area contributed by atoms with E-state index in [1.54, 1.807) is 6.07 Å². The van der Waals surface area contributed by atoms with Crippen LogP contribution in [0, 0.1) is 0 Å². The minimum absolute atomic E-state index is 0.230. The van der Waals surface area contributed by atoms with Crippen molar-refractivity contribution in [2.45, 2.75) is 12.5 Å². The van der Waals surface area contributed by atoms with Crippen molar-refractivity contribution in [3.8, 4) is 0 Å². The number of anilines is 1. The third-order valence-corrected chi connectivity index (χ3v) is 4.06. The van der Waals surface area contributed by atoms with Gasteiger partial charge in [0, 0.05) is 36.4 Å². The Balaban J connectivity index is 2.00. The number of nitrogens with one attached hydrogen (secondary N) is 2. The summed E-state index contributed by atoms with van der Waals surface area (Å²) in [7, 11) is 1.96. The van der Waals surface area contributed by atoms with E-state index in [2.05, 4.69) is 15.2 Å². The van der Waals surface area contributed by atoms with Gasteiger partial charge in [-0.2, -0.15) is 0 Å². The average Bonchev–Trinajstić information content (AvgIpc) is 2.96. The van der Waals surface area contributed by atoms with Gasteiger partial charge in [0.2, 0.25) is 5.43 Å². The number of fused-ring (bicyclic) bond motifs is 1. The lowest BCUT2D eigenvalue weighted by molar-refractivity contribution is 0.0695. The first-order chi connectivity index (χ1) is 10.1. The van der Waals surface area contributed by atoms with Crippen LogP contribution >= 0.6 is 0 Å². The van der Waals surface area contributed by atoms with Gasteiger partial charge in [0.15, 0.2) is 0 Å². The second-order valence-corrected chi connectivity index (χ2v) is 5.29. The highest BCUT2D eigenvalue weighted by Crippen LogP contribution is 2.23. The molecular formula is C15H17N3O3. The molecule has 21 heavy (non-hydrogen) atoms. The summed E-state index contributed by atoms with van der Waals surface area (Å²) in [6.07, 6.45) is 2.35. The van der Waals surface area contributed by atoms with Crippen LogP contribution < -0.4 is 15.6 Å². The van der Waals surface area contributed by atoms with Crippen molar-refractivity contribution in [2.75, 3.05) is 25.0 Å². The van der Waals surface area contributed by atoms with Crippen LogP contribution in [0.2, 0.25) is 0 Å². The zero-order chi connectivity index (χ0) is 15.0. The Bertz CT molecular complexity index is 753. The Morgan fingerprint density at radius 1 is 1.48 bits per heavy atom.